The van der Waals surface area contributed by atoms with E-state index in [2.05, 4.69) is 0 Å². The normalized spacial score (nSPS) is 13.2. The van der Waals surface area contributed by atoms with E-state index >= 15 is 0 Å². The van der Waals surface area contributed by atoms with Gasteiger partial charge in [0.15, 0.2) is 11.5 Å². The predicted molar refractivity (Wildman–Crippen MR) is 69.7 cm³/mol. The van der Waals surface area contributed by atoms with E-state index in [1.807, 2.05) is 6.92 Å². The highest BCUT2D eigenvalue weighted by molar-refractivity contribution is 6.18. The van der Waals surface area contributed by atoms with Crippen molar-refractivity contribution in [1.82, 2.24) is 4.90 Å². The lowest BCUT2D eigenvalue weighted by Crippen LogP contribution is -2.32. The third-order valence-corrected chi connectivity index (χ3v) is 2.98. The average molecular weight is 270 g/mol. The van der Waals surface area contributed by atoms with Crippen molar-refractivity contribution in [2.45, 2.75) is 6.92 Å². The Hall–Kier alpha value is -1.42. The van der Waals surface area contributed by atoms with E-state index in [-0.39, 0.29) is 5.91 Å². The molecule has 0 unspecified atom stereocenters. The van der Waals surface area contributed by atoms with Crippen LogP contribution < -0.4 is 9.47 Å². The third kappa shape index (κ3) is 2.70. The first-order valence-electron chi connectivity index (χ1n) is 6.01. The monoisotopic (exact) mass is 269 g/mol. The fourth-order valence-electron chi connectivity index (χ4n) is 1.86. The minimum Gasteiger partial charge on any atom is -0.486 e. The van der Waals surface area contributed by atoms with Crippen LogP contribution in [0.3, 0.4) is 0 Å². The lowest BCUT2D eigenvalue weighted by atomic mass is 10.1. The van der Waals surface area contributed by atoms with E-state index in [0.717, 1.165) is 0 Å². The van der Waals surface area contributed by atoms with Gasteiger partial charge in [-0.1, -0.05) is 0 Å². The summed E-state index contributed by atoms with van der Waals surface area (Å²) < 4.78 is 10.9. The predicted octanol–water partition coefficient (Wildman–Crippen LogP) is 2.16. The zero-order valence-electron chi connectivity index (χ0n) is 10.3. The Morgan fingerprint density at radius 3 is 2.72 bits per heavy atom. The Labute approximate surface area is 111 Å². The topological polar surface area (TPSA) is 38.8 Å². The zero-order chi connectivity index (χ0) is 13.0. The van der Waals surface area contributed by atoms with Crippen LogP contribution in [-0.4, -0.2) is 43.0 Å². The summed E-state index contributed by atoms with van der Waals surface area (Å²) in [5.74, 6) is 1.73. The fourth-order valence-corrected chi connectivity index (χ4v) is 2.07. The van der Waals surface area contributed by atoms with Gasteiger partial charge < -0.3 is 14.4 Å². The van der Waals surface area contributed by atoms with Crippen molar-refractivity contribution in [2.24, 2.45) is 0 Å². The summed E-state index contributed by atoms with van der Waals surface area (Å²) in [5, 5.41) is 0. The second-order valence-corrected chi connectivity index (χ2v) is 4.31. The molecule has 2 rings (SSSR count). The molecule has 5 heteroatoms. The molecule has 0 saturated carbocycles. The van der Waals surface area contributed by atoms with E-state index in [4.69, 9.17) is 21.1 Å². The molecule has 0 fully saturated rings. The molecular formula is C13H16ClNO3. The number of carbonyl (C=O) groups is 1. The van der Waals surface area contributed by atoms with Crippen LogP contribution >= 0.6 is 11.6 Å². The van der Waals surface area contributed by atoms with Gasteiger partial charge in [0.05, 0.1) is 0 Å². The van der Waals surface area contributed by atoms with Gasteiger partial charge in [0.25, 0.3) is 5.91 Å². The number of nitrogens with zero attached hydrogens (tertiary/aromatic N) is 1. The summed E-state index contributed by atoms with van der Waals surface area (Å²) in [6.45, 7) is 4.19. The van der Waals surface area contributed by atoms with Crippen molar-refractivity contribution in [3.8, 4) is 11.5 Å². The highest BCUT2D eigenvalue weighted by Crippen LogP contribution is 2.31. The van der Waals surface area contributed by atoms with Gasteiger partial charge >= 0.3 is 0 Å². The molecule has 4 nitrogen and oxygen atoms in total. The summed E-state index contributed by atoms with van der Waals surface area (Å²) in [7, 11) is 0. The quantitative estimate of drug-likeness (QED) is 0.787. The maximum absolute atomic E-state index is 12.2. The Morgan fingerprint density at radius 1 is 1.33 bits per heavy atom. The van der Waals surface area contributed by atoms with Crippen LogP contribution in [0.25, 0.3) is 0 Å². The molecule has 1 amide bonds. The van der Waals surface area contributed by atoms with E-state index in [0.29, 0.717) is 49.2 Å². The molecule has 0 bridgehead atoms. The smallest absolute Gasteiger partial charge is 0.254 e. The number of halogens is 1. The molecule has 0 N–H and O–H groups in total. The number of rotatable bonds is 4. The number of amides is 1. The number of carbonyl (C=O) groups excluding carboxylic acids is 1. The Morgan fingerprint density at radius 2 is 2.06 bits per heavy atom. The molecule has 0 aromatic heterocycles. The summed E-state index contributed by atoms with van der Waals surface area (Å²) in [4.78, 5) is 13.9. The molecule has 1 aliphatic heterocycles. The Balaban J connectivity index is 2.19. The van der Waals surface area contributed by atoms with Crippen LogP contribution in [0.1, 0.15) is 17.3 Å². The van der Waals surface area contributed by atoms with E-state index < -0.39 is 0 Å². The fraction of sp³-hybridized carbons (Fsp3) is 0.462. The van der Waals surface area contributed by atoms with Crippen LogP contribution in [0.5, 0.6) is 11.5 Å². The molecule has 0 aliphatic carbocycles. The van der Waals surface area contributed by atoms with Gasteiger partial charge in [0.2, 0.25) is 0 Å². The number of alkyl halides is 1. The molecule has 1 heterocycles. The highest BCUT2D eigenvalue weighted by Gasteiger charge is 2.18. The number of benzene rings is 1. The summed E-state index contributed by atoms with van der Waals surface area (Å²) in [6, 6.07) is 5.26. The first-order valence-corrected chi connectivity index (χ1v) is 6.54. The SMILES string of the molecule is CCN(CCCl)C(=O)c1ccc2c(c1)OCCO2. The van der Waals surface area contributed by atoms with Gasteiger partial charge in [-0.25, -0.2) is 0 Å². The van der Waals surface area contributed by atoms with E-state index in [1.165, 1.54) is 0 Å². The number of hydrogen-bond donors (Lipinski definition) is 0. The van der Waals surface area contributed by atoms with Gasteiger partial charge in [-0.2, -0.15) is 0 Å². The summed E-state index contributed by atoms with van der Waals surface area (Å²) in [6.07, 6.45) is 0. The maximum Gasteiger partial charge on any atom is 0.254 e. The molecule has 18 heavy (non-hydrogen) atoms. The van der Waals surface area contributed by atoms with Crippen LogP contribution in [0.15, 0.2) is 18.2 Å². The minimum atomic E-state index is -0.0323. The van der Waals surface area contributed by atoms with Crippen LogP contribution in [0.2, 0.25) is 0 Å². The van der Waals surface area contributed by atoms with Crippen molar-refractivity contribution in [1.29, 1.82) is 0 Å². The highest BCUT2D eigenvalue weighted by atomic mass is 35.5. The molecule has 98 valence electrons. The molecule has 1 aromatic rings. The molecule has 0 atom stereocenters. The molecule has 0 radical (unpaired) electrons. The summed E-state index contributed by atoms with van der Waals surface area (Å²) >= 11 is 5.68. The largest absolute Gasteiger partial charge is 0.486 e. The third-order valence-electron chi connectivity index (χ3n) is 2.81. The average Bonchev–Trinajstić information content (AvgIpc) is 2.43. The summed E-state index contributed by atoms with van der Waals surface area (Å²) in [5.41, 5.74) is 0.603. The zero-order valence-corrected chi connectivity index (χ0v) is 11.1. The van der Waals surface area contributed by atoms with Crippen molar-refractivity contribution in [3.05, 3.63) is 23.8 Å². The molecule has 1 aromatic carbocycles. The molecule has 1 aliphatic rings. The molecule has 0 spiro atoms. The van der Waals surface area contributed by atoms with Crippen LogP contribution in [0.4, 0.5) is 0 Å². The van der Waals surface area contributed by atoms with Gasteiger partial charge in [-0.05, 0) is 25.1 Å². The minimum absolute atomic E-state index is 0.0323. The lowest BCUT2D eigenvalue weighted by molar-refractivity contribution is 0.0773. The van der Waals surface area contributed by atoms with Gasteiger partial charge in [-0.15, -0.1) is 11.6 Å². The van der Waals surface area contributed by atoms with Crippen molar-refractivity contribution in [3.63, 3.8) is 0 Å². The van der Waals surface area contributed by atoms with E-state index in [9.17, 15) is 4.79 Å². The van der Waals surface area contributed by atoms with Gasteiger partial charge in [0.1, 0.15) is 13.2 Å². The number of hydrogen-bond acceptors (Lipinski definition) is 3. The molecule has 0 saturated heterocycles. The first kappa shape index (κ1) is 13.0. The lowest BCUT2D eigenvalue weighted by Gasteiger charge is -2.22. The van der Waals surface area contributed by atoms with Crippen LogP contribution in [0, 0.1) is 0 Å². The standard InChI is InChI=1S/C13H16ClNO3/c1-2-15(6-5-14)13(16)10-3-4-11-12(9-10)18-8-7-17-11/h3-4,9H,2,5-8H2,1H3. The Kier molecular flexibility index (Phi) is 4.31. The Bertz CT molecular complexity index is 436. The number of ether oxygens (including phenoxy) is 2. The number of fused-ring (bicyclic) bond motifs is 1. The second kappa shape index (κ2) is 5.96. The van der Waals surface area contributed by atoms with Gasteiger partial charge in [-0.3, -0.25) is 4.79 Å². The second-order valence-electron chi connectivity index (χ2n) is 3.93. The van der Waals surface area contributed by atoms with Crippen molar-refractivity contribution >= 4 is 17.5 Å². The van der Waals surface area contributed by atoms with Crippen LogP contribution in [-0.2, 0) is 0 Å². The van der Waals surface area contributed by atoms with E-state index in [1.54, 1.807) is 23.1 Å². The van der Waals surface area contributed by atoms with Crippen molar-refractivity contribution < 1.29 is 14.3 Å². The maximum atomic E-state index is 12.2. The van der Waals surface area contributed by atoms with Gasteiger partial charge in [0, 0.05) is 24.5 Å². The van der Waals surface area contributed by atoms with Crippen molar-refractivity contribution in [2.75, 3.05) is 32.2 Å². The molecular weight excluding hydrogens is 254 g/mol. The first-order chi connectivity index (χ1) is 8.76.